The molecule has 2 N–H and O–H groups in total. The Morgan fingerprint density at radius 1 is 1.00 bits per heavy atom. The molecule has 0 atom stereocenters. The number of hydrogen-bond acceptors (Lipinski definition) is 10. The van der Waals surface area contributed by atoms with E-state index in [1.165, 1.54) is 5.69 Å². The molecule has 0 spiro atoms. The first-order valence-electron chi connectivity index (χ1n) is 12.8. The number of para-hydroxylation sites is 1. The van der Waals surface area contributed by atoms with Crippen molar-refractivity contribution in [3.63, 3.8) is 0 Å². The molecule has 0 radical (unpaired) electrons. The molecule has 1 aliphatic heterocycles. The van der Waals surface area contributed by atoms with Gasteiger partial charge in [0.2, 0.25) is 11.9 Å². The van der Waals surface area contributed by atoms with Crippen LogP contribution in [0.1, 0.15) is 30.1 Å². The van der Waals surface area contributed by atoms with E-state index in [0.29, 0.717) is 29.4 Å². The molecule has 1 fully saturated rings. The number of anilines is 5. The number of benzene rings is 1. The summed E-state index contributed by atoms with van der Waals surface area (Å²) in [5, 5.41) is 8.20. The topological polar surface area (TPSA) is 95.0 Å². The maximum Gasteiger partial charge on any atom is 0.234 e. The Kier molecular flexibility index (Phi) is 8.19. The summed E-state index contributed by atoms with van der Waals surface area (Å²) < 4.78 is 0. The predicted molar refractivity (Wildman–Crippen MR) is 156 cm³/mol. The van der Waals surface area contributed by atoms with Crippen LogP contribution in [0.15, 0.2) is 48.9 Å². The molecule has 0 aliphatic carbocycles. The maximum atomic E-state index is 6.36. The van der Waals surface area contributed by atoms with Crippen LogP contribution in [0.25, 0.3) is 0 Å². The number of aryl methyl sites for hydroxylation is 1. The molecule has 0 saturated carbocycles. The molecule has 4 aromatic rings. The fraction of sp³-hybridized carbons (Fsp3) is 0.370. The van der Waals surface area contributed by atoms with Crippen molar-refractivity contribution in [2.75, 3.05) is 46.6 Å². The number of pyridine rings is 1. The average molecular weight is 550 g/mol. The van der Waals surface area contributed by atoms with Crippen LogP contribution in [0.5, 0.6) is 0 Å². The number of aromatic nitrogens is 5. The number of piperazine rings is 1. The highest BCUT2D eigenvalue weighted by Crippen LogP contribution is 2.28. The van der Waals surface area contributed by atoms with Crippen LogP contribution in [-0.2, 0) is 13.0 Å². The van der Waals surface area contributed by atoms with Crippen LogP contribution in [0.3, 0.4) is 0 Å². The van der Waals surface area contributed by atoms with Gasteiger partial charge in [0.1, 0.15) is 5.82 Å². The number of rotatable bonds is 9. The lowest BCUT2D eigenvalue weighted by atomic mass is 10.1. The second-order valence-corrected chi connectivity index (χ2v) is 11.2. The van der Waals surface area contributed by atoms with Gasteiger partial charge in [-0.15, -0.1) is 0 Å². The van der Waals surface area contributed by atoms with Crippen molar-refractivity contribution in [1.29, 1.82) is 0 Å². The number of hydrogen-bond donors (Lipinski definition) is 2. The van der Waals surface area contributed by atoms with Gasteiger partial charge in [-0.3, -0.25) is 10.3 Å². The Labute approximate surface area is 232 Å². The molecular formula is C27H32ClN9S. The lowest BCUT2D eigenvalue weighted by Crippen LogP contribution is -2.47. The van der Waals surface area contributed by atoms with Crippen molar-refractivity contribution >= 4 is 51.3 Å². The minimum atomic E-state index is 0.437. The molecular weight excluding hydrogens is 518 g/mol. The van der Waals surface area contributed by atoms with Crippen molar-refractivity contribution in [3.05, 3.63) is 70.2 Å². The second-order valence-electron chi connectivity index (χ2n) is 9.69. The monoisotopic (exact) mass is 549 g/mol. The van der Waals surface area contributed by atoms with Gasteiger partial charge in [-0.05, 0) is 36.6 Å². The van der Waals surface area contributed by atoms with E-state index in [2.05, 4.69) is 56.4 Å². The first-order chi connectivity index (χ1) is 18.4. The van der Waals surface area contributed by atoms with Crippen LogP contribution in [-0.4, -0.2) is 51.1 Å². The number of halogens is 1. The zero-order valence-corrected chi connectivity index (χ0v) is 23.4. The molecule has 4 heterocycles. The summed E-state index contributed by atoms with van der Waals surface area (Å²) in [6.07, 6.45) is 6.32. The minimum Gasteiger partial charge on any atom is -0.379 e. The maximum absolute atomic E-state index is 6.36. The Balaban J connectivity index is 1.27. The Hall–Kier alpha value is -3.50. The molecule has 1 aliphatic rings. The van der Waals surface area contributed by atoms with Gasteiger partial charge >= 0.3 is 0 Å². The van der Waals surface area contributed by atoms with Gasteiger partial charge in [0.15, 0.2) is 5.13 Å². The lowest BCUT2D eigenvalue weighted by Gasteiger charge is -2.36. The zero-order chi connectivity index (χ0) is 26.5. The van der Waals surface area contributed by atoms with Crippen molar-refractivity contribution in [1.82, 2.24) is 24.9 Å². The van der Waals surface area contributed by atoms with Crippen molar-refractivity contribution < 1.29 is 0 Å². The molecule has 9 nitrogen and oxygen atoms in total. The molecule has 0 unspecified atom stereocenters. The third-order valence-corrected chi connectivity index (χ3v) is 7.51. The van der Waals surface area contributed by atoms with E-state index < -0.39 is 0 Å². The van der Waals surface area contributed by atoms with Crippen LogP contribution >= 0.6 is 22.9 Å². The van der Waals surface area contributed by atoms with Crippen molar-refractivity contribution in [2.24, 2.45) is 5.92 Å². The Morgan fingerprint density at radius 2 is 1.76 bits per heavy atom. The van der Waals surface area contributed by atoms with Gasteiger partial charge < -0.3 is 15.1 Å². The number of nitrogens with zero attached hydrogens (tertiary/aromatic N) is 7. The normalized spacial score (nSPS) is 13.7. The van der Waals surface area contributed by atoms with Gasteiger partial charge in [0.25, 0.3) is 0 Å². The standard InChI is InChI=1S/C27H32ClN9S/c1-18(2)15-23-32-25(34-26(33-23)37-13-11-36(12-14-37)20-7-9-29-10-8-20)35-27-31-17-21(38-27)16-30-24-19(3)5-4-6-22(24)28/h4-10,17-18,30H,11-16H2,1-3H3,(H,31,32,33,34,35). The van der Waals surface area contributed by atoms with Crippen molar-refractivity contribution in [3.8, 4) is 0 Å². The summed E-state index contributed by atoms with van der Waals surface area (Å²) in [6, 6.07) is 9.99. The van der Waals surface area contributed by atoms with E-state index in [9.17, 15) is 0 Å². The first-order valence-corrected chi connectivity index (χ1v) is 14.0. The largest absolute Gasteiger partial charge is 0.379 e. The van der Waals surface area contributed by atoms with E-state index in [-0.39, 0.29) is 0 Å². The molecule has 5 rings (SSSR count). The van der Waals surface area contributed by atoms with Crippen LogP contribution in [0.2, 0.25) is 5.02 Å². The highest BCUT2D eigenvalue weighted by Gasteiger charge is 2.21. The first kappa shape index (κ1) is 26.1. The fourth-order valence-corrected chi connectivity index (χ4v) is 5.39. The molecule has 198 valence electrons. The molecule has 1 saturated heterocycles. The predicted octanol–water partition coefficient (Wildman–Crippen LogP) is 5.57. The Morgan fingerprint density at radius 3 is 2.50 bits per heavy atom. The summed E-state index contributed by atoms with van der Waals surface area (Å²) in [4.78, 5) is 28.7. The Bertz CT molecular complexity index is 1330. The van der Waals surface area contributed by atoms with Crippen LogP contribution in [0, 0.1) is 12.8 Å². The van der Waals surface area contributed by atoms with E-state index in [0.717, 1.165) is 59.7 Å². The van der Waals surface area contributed by atoms with Gasteiger partial charge in [0.05, 0.1) is 17.3 Å². The van der Waals surface area contributed by atoms with E-state index in [1.807, 2.05) is 43.7 Å². The second kappa shape index (κ2) is 11.9. The van der Waals surface area contributed by atoms with Gasteiger partial charge in [0, 0.05) is 61.8 Å². The highest BCUT2D eigenvalue weighted by atomic mass is 35.5. The van der Waals surface area contributed by atoms with Gasteiger partial charge in [-0.25, -0.2) is 4.98 Å². The third kappa shape index (κ3) is 6.49. The molecule has 38 heavy (non-hydrogen) atoms. The zero-order valence-electron chi connectivity index (χ0n) is 21.9. The van der Waals surface area contributed by atoms with E-state index in [1.54, 1.807) is 11.3 Å². The summed E-state index contributed by atoms with van der Waals surface area (Å²) in [7, 11) is 0. The smallest absolute Gasteiger partial charge is 0.234 e. The molecule has 0 bridgehead atoms. The molecule has 3 aromatic heterocycles. The molecule has 0 amide bonds. The van der Waals surface area contributed by atoms with E-state index >= 15 is 0 Å². The lowest BCUT2D eigenvalue weighted by molar-refractivity contribution is 0.606. The summed E-state index contributed by atoms with van der Waals surface area (Å²) in [5.74, 6) is 2.46. The number of nitrogens with one attached hydrogen (secondary N) is 2. The quantitative estimate of drug-likeness (QED) is 0.278. The fourth-order valence-electron chi connectivity index (χ4n) is 4.35. The highest BCUT2D eigenvalue weighted by molar-refractivity contribution is 7.15. The summed E-state index contributed by atoms with van der Waals surface area (Å²) in [6.45, 7) is 10.5. The summed E-state index contributed by atoms with van der Waals surface area (Å²) >= 11 is 7.92. The molecule has 11 heteroatoms. The van der Waals surface area contributed by atoms with Crippen molar-refractivity contribution in [2.45, 2.75) is 33.7 Å². The van der Waals surface area contributed by atoms with E-state index in [4.69, 9.17) is 26.6 Å². The summed E-state index contributed by atoms with van der Waals surface area (Å²) in [5.41, 5.74) is 3.25. The van der Waals surface area contributed by atoms with Gasteiger partial charge in [-0.1, -0.05) is 48.9 Å². The average Bonchev–Trinajstić information content (AvgIpc) is 3.35. The van der Waals surface area contributed by atoms with Crippen LogP contribution in [0.4, 0.5) is 28.4 Å². The minimum absolute atomic E-state index is 0.437. The molecule has 1 aromatic carbocycles. The number of thiazole rings is 1. The van der Waals surface area contributed by atoms with Crippen LogP contribution < -0.4 is 20.4 Å². The van der Waals surface area contributed by atoms with Gasteiger partial charge in [-0.2, -0.15) is 15.0 Å². The third-order valence-electron chi connectivity index (χ3n) is 6.28. The SMILES string of the molecule is Cc1cccc(Cl)c1NCc1cnc(Nc2nc(CC(C)C)nc(N3CCN(c4ccncc4)CC3)n2)s1.